The number of aryl methyl sites for hydroxylation is 1. The number of amides is 1. The van der Waals surface area contributed by atoms with Gasteiger partial charge in [-0.2, -0.15) is 5.10 Å². The number of fused-ring (bicyclic) bond motifs is 1. The van der Waals surface area contributed by atoms with Crippen LogP contribution in [-0.4, -0.2) is 57.9 Å². The number of carbonyl (C=O) groups excluding carboxylic acids is 1. The topological polar surface area (TPSA) is 66.0 Å². The average Bonchev–Trinajstić information content (AvgIpc) is 3.32. The average molecular weight is 373 g/mol. The summed E-state index contributed by atoms with van der Waals surface area (Å²) < 4.78 is 28.2. The molecule has 1 aliphatic heterocycles. The summed E-state index contributed by atoms with van der Waals surface area (Å²) in [6.45, 7) is 2.24. The van der Waals surface area contributed by atoms with Gasteiger partial charge in [0.1, 0.15) is 12.0 Å². The molecule has 0 saturated carbocycles. The van der Waals surface area contributed by atoms with Crippen molar-refractivity contribution in [1.29, 1.82) is 0 Å². The van der Waals surface area contributed by atoms with Gasteiger partial charge in [-0.05, 0) is 36.8 Å². The normalized spacial score (nSPS) is 17.7. The molecule has 0 aliphatic carbocycles. The molecule has 3 aromatic rings. The zero-order valence-electron chi connectivity index (χ0n) is 15.0. The first-order chi connectivity index (χ1) is 13.0. The number of halogens is 2. The van der Waals surface area contributed by atoms with Gasteiger partial charge in [-0.1, -0.05) is 0 Å². The molecule has 4 rings (SSSR count). The molecule has 1 fully saturated rings. The Bertz CT molecular complexity index is 980. The number of benzene rings is 1. The van der Waals surface area contributed by atoms with E-state index in [1.54, 1.807) is 23.9 Å². The van der Waals surface area contributed by atoms with Gasteiger partial charge in [-0.25, -0.2) is 8.78 Å². The maximum absolute atomic E-state index is 13.4. The second-order valence-electron chi connectivity index (χ2n) is 6.90. The lowest BCUT2D eigenvalue weighted by atomic mass is 10.2. The lowest BCUT2D eigenvalue weighted by Gasteiger charge is -2.14. The maximum atomic E-state index is 13.4. The molecular formula is C19H21F2N5O. The first kappa shape index (κ1) is 17.7. The van der Waals surface area contributed by atoms with Gasteiger partial charge < -0.3 is 10.3 Å². The van der Waals surface area contributed by atoms with Crippen LogP contribution >= 0.6 is 0 Å². The number of carbonyl (C=O) groups is 1. The number of alkyl halides is 1. The summed E-state index contributed by atoms with van der Waals surface area (Å²) in [5.41, 5.74) is 2.62. The highest BCUT2D eigenvalue weighted by Gasteiger charge is 2.21. The number of aromatic amines is 1. The van der Waals surface area contributed by atoms with Crippen molar-refractivity contribution in [2.75, 3.05) is 26.2 Å². The first-order valence-corrected chi connectivity index (χ1v) is 8.97. The zero-order valence-corrected chi connectivity index (χ0v) is 15.0. The summed E-state index contributed by atoms with van der Waals surface area (Å²) in [5.74, 6) is -0.565. The van der Waals surface area contributed by atoms with Crippen molar-refractivity contribution in [2.45, 2.75) is 12.6 Å². The van der Waals surface area contributed by atoms with E-state index in [1.807, 2.05) is 11.0 Å². The highest BCUT2D eigenvalue weighted by Crippen LogP contribution is 2.25. The third-order valence-corrected chi connectivity index (χ3v) is 4.90. The molecular weight excluding hydrogens is 352 g/mol. The Morgan fingerprint density at radius 3 is 3.00 bits per heavy atom. The maximum Gasteiger partial charge on any atom is 0.271 e. The van der Waals surface area contributed by atoms with E-state index in [9.17, 15) is 13.6 Å². The quantitative estimate of drug-likeness (QED) is 0.722. The van der Waals surface area contributed by atoms with Crippen molar-refractivity contribution in [3.63, 3.8) is 0 Å². The van der Waals surface area contributed by atoms with Gasteiger partial charge in [0.15, 0.2) is 5.69 Å². The SMILES string of the molecule is Cn1nc(C(=O)NCCN2CCC(F)C2)cc1-c1cc2cc(F)ccc2[nH]1. The molecule has 27 heavy (non-hydrogen) atoms. The van der Waals surface area contributed by atoms with Gasteiger partial charge >= 0.3 is 0 Å². The number of nitrogens with one attached hydrogen (secondary N) is 2. The lowest BCUT2D eigenvalue weighted by Crippen LogP contribution is -2.34. The fourth-order valence-corrected chi connectivity index (χ4v) is 3.48. The van der Waals surface area contributed by atoms with E-state index in [4.69, 9.17) is 0 Å². The Morgan fingerprint density at radius 2 is 2.22 bits per heavy atom. The summed E-state index contributed by atoms with van der Waals surface area (Å²) in [7, 11) is 1.75. The van der Waals surface area contributed by atoms with E-state index in [0.717, 1.165) is 28.8 Å². The van der Waals surface area contributed by atoms with Crippen molar-refractivity contribution < 1.29 is 13.6 Å². The Morgan fingerprint density at radius 1 is 1.37 bits per heavy atom. The summed E-state index contributed by atoms with van der Waals surface area (Å²) >= 11 is 0. The Hall–Kier alpha value is -2.74. The van der Waals surface area contributed by atoms with E-state index in [-0.39, 0.29) is 11.7 Å². The van der Waals surface area contributed by atoms with Crippen LogP contribution in [0.25, 0.3) is 22.3 Å². The van der Waals surface area contributed by atoms with Crippen LogP contribution in [0, 0.1) is 5.82 Å². The highest BCUT2D eigenvalue weighted by atomic mass is 19.1. The molecule has 1 atom stereocenters. The minimum absolute atomic E-state index is 0.269. The third kappa shape index (κ3) is 3.71. The largest absolute Gasteiger partial charge is 0.353 e. The predicted molar refractivity (Wildman–Crippen MR) is 98.7 cm³/mol. The van der Waals surface area contributed by atoms with Crippen molar-refractivity contribution in [3.8, 4) is 11.4 Å². The summed E-state index contributed by atoms with van der Waals surface area (Å²) in [4.78, 5) is 17.6. The van der Waals surface area contributed by atoms with Crippen molar-refractivity contribution in [2.24, 2.45) is 7.05 Å². The van der Waals surface area contributed by atoms with Crippen LogP contribution in [-0.2, 0) is 7.05 Å². The Kier molecular flexibility index (Phi) is 4.65. The van der Waals surface area contributed by atoms with Crippen LogP contribution < -0.4 is 5.32 Å². The number of nitrogens with zero attached hydrogens (tertiary/aromatic N) is 3. The molecule has 2 N–H and O–H groups in total. The second-order valence-corrected chi connectivity index (χ2v) is 6.90. The van der Waals surface area contributed by atoms with Gasteiger partial charge in [0.05, 0.1) is 11.4 Å². The van der Waals surface area contributed by atoms with E-state index in [0.29, 0.717) is 31.7 Å². The lowest BCUT2D eigenvalue weighted by molar-refractivity contribution is 0.0944. The van der Waals surface area contributed by atoms with Gasteiger partial charge in [0, 0.05) is 44.1 Å². The van der Waals surface area contributed by atoms with E-state index in [1.165, 1.54) is 12.1 Å². The molecule has 1 amide bonds. The first-order valence-electron chi connectivity index (χ1n) is 8.97. The van der Waals surface area contributed by atoms with Gasteiger partial charge in [0.25, 0.3) is 5.91 Å². The summed E-state index contributed by atoms with van der Waals surface area (Å²) in [6, 6.07) is 8.07. The van der Waals surface area contributed by atoms with Gasteiger partial charge in [-0.15, -0.1) is 0 Å². The minimum atomic E-state index is -0.760. The van der Waals surface area contributed by atoms with Gasteiger partial charge in [0.2, 0.25) is 0 Å². The fourth-order valence-electron chi connectivity index (χ4n) is 3.48. The zero-order chi connectivity index (χ0) is 19.0. The molecule has 0 bridgehead atoms. The van der Waals surface area contributed by atoms with Crippen LogP contribution in [0.3, 0.4) is 0 Å². The third-order valence-electron chi connectivity index (χ3n) is 4.90. The molecule has 142 valence electrons. The van der Waals surface area contributed by atoms with Crippen molar-refractivity contribution in [1.82, 2.24) is 25.0 Å². The number of hydrogen-bond donors (Lipinski definition) is 2. The molecule has 2 aromatic heterocycles. The minimum Gasteiger partial charge on any atom is -0.353 e. The second kappa shape index (κ2) is 7.11. The summed E-state index contributed by atoms with van der Waals surface area (Å²) in [5, 5.41) is 7.86. The highest BCUT2D eigenvalue weighted by molar-refractivity contribution is 5.94. The molecule has 1 unspecified atom stereocenters. The Labute approximate surface area is 155 Å². The molecule has 1 saturated heterocycles. The van der Waals surface area contributed by atoms with E-state index >= 15 is 0 Å². The number of H-pyrrole nitrogens is 1. The molecule has 3 heterocycles. The van der Waals surface area contributed by atoms with E-state index < -0.39 is 6.17 Å². The van der Waals surface area contributed by atoms with Crippen molar-refractivity contribution in [3.05, 3.63) is 41.8 Å². The molecule has 0 spiro atoms. The molecule has 1 aliphatic rings. The monoisotopic (exact) mass is 373 g/mol. The van der Waals surface area contributed by atoms with Crippen LogP contribution in [0.1, 0.15) is 16.9 Å². The van der Waals surface area contributed by atoms with E-state index in [2.05, 4.69) is 15.4 Å². The molecule has 6 nitrogen and oxygen atoms in total. The number of hydrogen-bond acceptors (Lipinski definition) is 3. The van der Waals surface area contributed by atoms with Crippen molar-refractivity contribution >= 4 is 16.8 Å². The molecule has 0 radical (unpaired) electrons. The van der Waals surface area contributed by atoms with Crippen LogP contribution in [0.2, 0.25) is 0 Å². The fraction of sp³-hybridized carbons (Fsp3) is 0.368. The smallest absolute Gasteiger partial charge is 0.271 e. The molecule has 1 aromatic carbocycles. The van der Waals surface area contributed by atoms with Gasteiger partial charge in [-0.3, -0.25) is 14.4 Å². The number of likely N-dealkylation sites (tertiary alicyclic amines) is 1. The van der Waals surface area contributed by atoms with Crippen LogP contribution in [0.15, 0.2) is 30.3 Å². The van der Waals surface area contributed by atoms with Crippen LogP contribution in [0.4, 0.5) is 8.78 Å². The predicted octanol–water partition coefficient (Wildman–Crippen LogP) is 2.48. The summed E-state index contributed by atoms with van der Waals surface area (Å²) in [6.07, 6.45) is -0.199. The number of aromatic nitrogens is 3. The Balaban J connectivity index is 1.44. The molecule has 8 heteroatoms. The van der Waals surface area contributed by atoms with Crippen LogP contribution in [0.5, 0.6) is 0 Å². The number of rotatable bonds is 5. The standard InChI is InChI=1S/C19H21F2N5O/c1-25-18(16-9-12-8-13(20)2-3-15(12)23-16)10-17(24-25)19(27)22-5-7-26-6-4-14(21)11-26/h2-3,8-10,14,23H,4-7,11H2,1H3,(H,22,27).